The van der Waals surface area contributed by atoms with Gasteiger partial charge in [-0.1, -0.05) is 30.3 Å². The lowest BCUT2D eigenvalue weighted by Crippen LogP contribution is -2.27. The number of aliphatic hydroxyl groups excluding tert-OH is 2. The van der Waals surface area contributed by atoms with E-state index in [2.05, 4.69) is 0 Å². The molecule has 108 valence electrons. The number of rotatable bonds is 11. The SMILES string of the molecule is OCCOCC(COCCO)OCc1ccccc1. The van der Waals surface area contributed by atoms with Crippen molar-refractivity contribution in [2.75, 3.05) is 39.6 Å². The highest BCUT2D eigenvalue weighted by atomic mass is 16.6. The highest BCUT2D eigenvalue weighted by Crippen LogP contribution is 2.04. The van der Waals surface area contributed by atoms with Gasteiger partial charge in [0.1, 0.15) is 6.10 Å². The fourth-order valence-corrected chi connectivity index (χ4v) is 1.49. The summed E-state index contributed by atoms with van der Waals surface area (Å²) in [6.07, 6.45) is -0.210. The van der Waals surface area contributed by atoms with Crippen LogP contribution in [0, 0.1) is 0 Å². The summed E-state index contributed by atoms with van der Waals surface area (Å²) in [6, 6.07) is 9.84. The van der Waals surface area contributed by atoms with Gasteiger partial charge in [-0.05, 0) is 5.56 Å². The van der Waals surface area contributed by atoms with Crippen LogP contribution in [-0.2, 0) is 20.8 Å². The molecule has 0 aliphatic rings. The standard InChI is InChI=1S/C14H22O5/c15-6-8-17-11-14(12-18-9-7-16)19-10-13-4-2-1-3-5-13/h1-5,14-16H,6-12H2. The van der Waals surface area contributed by atoms with Crippen molar-refractivity contribution in [3.8, 4) is 0 Å². The molecule has 0 saturated carbocycles. The summed E-state index contributed by atoms with van der Waals surface area (Å²) in [4.78, 5) is 0. The maximum absolute atomic E-state index is 8.67. The molecule has 0 unspecified atom stereocenters. The van der Waals surface area contributed by atoms with Crippen molar-refractivity contribution in [2.45, 2.75) is 12.7 Å². The molecule has 0 radical (unpaired) electrons. The van der Waals surface area contributed by atoms with Gasteiger partial charge in [-0.15, -0.1) is 0 Å². The van der Waals surface area contributed by atoms with E-state index in [1.165, 1.54) is 0 Å². The van der Waals surface area contributed by atoms with Crippen molar-refractivity contribution in [3.63, 3.8) is 0 Å². The highest BCUT2D eigenvalue weighted by molar-refractivity contribution is 5.13. The summed E-state index contributed by atoms with van der Waals surface area (Å²) in [6.45, 7) is 1.75. The van der Waals surface area contributed by atoms with Gasteiger partial charge >= 0.3 is 0 Å². The van der Waals surface area contributed by atoms with Gasteiger partial charge < -0.3 is 24.4 Å². The molecule has 1 rings (SSSR count). The van der Waals surface area contributed by atoms with Gasteiger partial charge in [0.05, 0.1) is 46.2 Å². The third-order valence-electron chi connectivity index (χ3n) is 2.41. The smallest absolute Gasteiger partial charge is 0.105 e. The molecule has 1 aromatic carbocycles. The first kappa shape index (κ1) is 16.1. The molecule has 0 bridgehead atoms. The van der Waals surface area contributed by atoms with Gasteiger partial charge in [-0.3, -0.25) is 0 Å². The predicted octanol–water partition coefficient (Wildman–Crippen LogP) is 0.590. The largest absolute Gasteiger partial charge is 0.394 e. The molecule has 0 spiro atoms. The molecule has 0 fully saturated rings. The molecular weight excluding hydrogens is 248 g/mol. The second-order valence-corrected chi connectivity index (χ2v) is 4.02. The van der Waals surface area contributed by atoms with Crippen molar-refractivity contribution in [1.82, 2.24) is 0 Å². The molecule has 0 amide bonds. The maximum atomic E-state index is 8.67. The summed E-state index contributed by atoms with van der Waals surface area (Å²) in [5.74, 6) is 0. The van der Waals surface area contributed by atoms with Crippen LogP contribution in [0.15, 0.2) is 30.3 Å². The average Bonchev–Trinajstić information content (AvgIpc) is 2.45. The fraction of sp³-hybridized carbons (Fsp3) is 0.571. The Hall–Kier alpha value is -0.980. The molecule has 2 N–H and O–H groups in total. The molecule has 0 aliphatic carbocycles. The third kappa shape index (κ3) is 7.92. The Labute approximate surface area is 113 Å². The maximum Gasteiger partial charge on any atom is 0.105 e. The normalized spacial score (nSPS) is 11.1. The molecule has 19 heavy (non-hydrogen) atoms. The minimum atomic E-state index is -0.210. The van der Waals surface area contributed by atoms with Crippen LogP contribution in [0.4, 0.5) is 0 Å². The number of benzene rings is 1. The Morgan fingerprint density at radius 3 is 2.00 bits per heavy atom. The fourth-order valence-electron chi connectivity index (χ4n) is 1.49. The van der Waals surface area contributed by atoms with Crippen LogP contribution >= 0.6 is 0 Å². The van der Waals surface area contributed by atoms with E-state index < -0.39 is 0 Å². The zero-order chi connectivity index (χ0) is 13.8. The third-order valence-corrected chi connectivity index (χ3v) is 2.41. The molecule has 0 heterocycles. The van der Waals surface area contributed by atoms with Gasteiger partial charge in [0.15, 0.2) is 0 Å². The molecule has 0 saturated heterocycles. The summed E-state index contributed by atoms with van der Waals surface area (Å²) < 4.78 is 16.2. The van der Waals surface area contributed by atoms with E-state index in [9.17, 15) is 0 Å². The molecule has 5 heteroatoms. The lowest BCUT2D eigenvalue weighted by atomic mass is 10.2. The summed E-state index contributed by atoms with van der Waals surface area (Å²) in [5, 5.41) is 17.3. The topological polar surface area (TPSA) is 68.2 Å². The Morgan fingerprint density at radius 2 is 1.47 bits per heavy atom. The van der Waals surface area contributed by atoms with Crippen LogP contribution in [0.5, 0.6) is 0 Å². The number of ether oxygens (including phenoxy) is 3. The predicted molar refractivity (Wildman–Crippen MR) is 70.8 cm³/mol. The van der Waals surface area contributed by atoms with E-state index in [1.807, 2.05) is 30.3 Å². The first-order valence-electron chi connectivity index (χ1n) is 6.39. The Bertz CT molecular complexity index is 294. The Morgan fingerprint density at radius 1 is 0.895 bits per heavy atom. The van der Waals surface area contributed by atoms with Crippen molar-refractivity contribution in [1.29, 1.82) is 0 Å². The second-order valence-electron chi connectivity index (χ2n) is 4.02. The minimum absolute atomic E-state index is 0.0110. The molecule has 5 nitrogen and oxygen atoms in total. The number of hydrogen-bond donors (Lipinski definition) is 2. The van der Waals surface area contributed by atoms with Crippen LogP contribution in [0.2, 0.25) is 0 Å². The van der Waals surface area contributed by atoms with E-state index in [1.54, 1.807) is 0 Å². The van der Waals surface area contributed by atoms with Gasteiger partial charge in [-0.2, -0.15) is 0 Å². The lowest BCUT2D eigenvalue weighted by Gasteiger charge is -2.18. The first-order valence-corrected chi connectivity index (χ1v) is 6.39. The van der Waals surface area contributed by atoms with Crippen LogP contribution in [0.1, 0.15) is 5.56 Å². The highest BCUT2D eigenvalue weighted by Gasteiger charge is 2.10. The van der Waals surface area contributed by atoms with Crippen molar-refractivity contribution < 1.29 is 24.4 Å². The summed E-state index contributed by atoms with van der Waals surface area (Å²) >= 11 is 0. The van der Waals surface area contributed by atoms with E-state index in [0.717, 1.165) is 5.56 Å². The first-order chi connectivity index (χ1) is 9.36. The van der Waals surface area contributed by atoms with E-state index in [-0.39, 0.29) is 32.5 Å². The van der Waals surface area contributed by atoms with Crippen LogP contribution in [-0.4, -0.2) is 56.0 Å². The molecule has 0 aliphatic heterocycles. The summed E-state index contributed by atoms with van der Waals surface area (Å²) in [7, 11) is 0. The molecular formula is C14H22O5. The van der Waals surface area contributed by atoms with Gasteiger partial charge in [0.25, 0.3) is 0 Å². The van der Waals surface area contributed by atoms with Gasteiger partial charge in [-0.25, -0.2) is 0 Å². The van der Waals surface area contributed by atoms with Gasteiger partial charge in [0.2, 0.25) is 0 Å². The van der Waals surface area contributed by atoms with E-state index >= 15 is 0 Å². The Kier molecular flexibility index (Phi) is 9.22. The quantitative estimate of drug-likeness (QED) is 0.576. The van der Waals surface area contributed by atoms with E-state index in [0.29, 0.717) is 19.8 Å². The zero-order valence-electron chi connectivity index (χ0n) is 11.0. The van der Waals surface area contributed by atoms with Crippen molar-refractivity contribution in [3.05, 3.63) is 35.9 Å². The minimum Gasteiger partial charge on any atom is -0.394 e. The van der Waals surface area contributed by atoms with Gasteiger partial charge in [0, 0.05) is 0 Å². The number of aliphatic hydroxyl groups is 2. The van der Waals surface area contributed by atoms with Crippen molar-refractivity contribution >= 4 is 0 Å². The monoisotopic (exact) mass is 270 g/mol. The molecule has 0 aromatic heterocycles. The Balaban J connectivity index is 2.30. The van der Waals surface area contributed by atoms with Crippen molar-refractivity contribution in [2.24, 2.45) is 0 Å². The van der Waals surface area contributed by atoms with E-state index in [4.69, 9.17) is 24.4 Å². The van der Waals surface area contributed by atoms with Crippen LogP contribution in [0.3, 0.4) is 0 Å². The lowest BCUT2D eigenvalue weighted by molar-refractivity contribution is -0.0731. The molecule has 0 atom stereocenters. The number of hydrogen-bond acceptors (Lipinski definition) is 5. The van der Waals surface area contributed by atoms with Crippen LogP contribution in [0.25, 0.3) is 0 Å². The average molecular weight is 270 g/mol. The van der Waals surface area contributed by atoms with Crippen LogP contribution < -0.4 is 0 Å². The zero-order valence-corrected chi connectivity index (χ0v) is 11.0. The summed E-state index contributed by atoms with van der Waals surface area (Å²) in [5.41, 5.74) is 1.08. The molecule has 1 aromatic rings. The second kappa shape index (κ2) is 10.9.